The number of nitrogens with one attached hydrogen (secondary N) is 1. The predicted molar refractivity (Wildman–Crippen MR) is 83.3 cm³/mol. The summed E-state index contributed by atoms with van der Waals surface area (Å²) in [6.45, 7) is 0. The molecule has 0 saturated carbocycles. The van der Waals surface area contributed by atoms with Gasteiger partial charge in [-0.3, -0.25) is 0 Å². The third-order valence-corrected chi connectivity index (χ3v) is 4.54. The quantitative estimate of drug-likeness (QED) is 0.852. The molecule has 7 heteroatoms. The SMILES string of the molecule is CS(=O)(=O)Cc1cccc(NC(C(=O)O)c2cccs2)c1. The number of anilines is 1. The van der Waals surface area contributed by atoms with E-state index < -0.39 is 21.8 Å². The molecular formula is C14H15NO4S2. The first-order valence-corrected chi connectivity index (χ1v) is 9.08. The van der Waals surface area contributed by atoms with Crippen molar-refractivity contribution < 1.29 is 18.3 Å². The highest BCUT2D eigenvalue weighted by atomic mass is 32.2. The van der Waals surface area contributed by atoms with Crippen LogP contribution < -0.4 is 5.32 Å². The molecule has 5 nitrogen and oxygen atoms in total. The van der Waals surface area contributed by atoms with Gasteiger partial charge in [-0.25, -0.2) is 13.2 Å². The standard InChI is InChI=1S/C14H15NO4S2/c1-21(18,19)9-10-4-2-5-11(8-10)15-13(14(16)17)12-6-3-7-20-12/h2-8,13,15H,9H2,1H3,(H,16,17). The van der Waals surface area contributed by atoms with Crippen LogP contribution in [0.4, 0.5) is 5.69 Å². The predicted octanol–water partition coefficient (Wildman–Crippen LogP) is 2.53. The van der Waals surface area contributed by atoms with E-state index in [0.29, 0.717) is 16.1 Å². The van der Waals surface area contributed by atoms with Gasteiger partial charge in [0.05, 0.1) is 5.75 Å². The first kappa shape index (κ1) is 15.5. The second-order valence-electron chi connectivity index (χ2n) is 4.70. The van der Waals surface area contributed by atoms with Gasteiger partial charge in [-0.05, 0) is 29.1 Å². The molecule has 0 aliphatic rings. The van der Waals surface area contributed by atoms with Crippen LogP contribution in [0.5, 0.6) is 0 Å². The zero-order valence-electron chi connectivity index (χ0n) is 11.3. The Morgan fingerprint density at radius 2 is 2.10 bits per heavy atom. The van der Waals surface area contributed by atoms with Gasteiger partial charge in [-0.15, -0.1) is 11.3 Å². The zero-order valence-corrected chi connectivity index (χ0v) is 12.9. The summed E-state index contributed by atoms with van der Waals surface area (Å²) in [7, 11) is -3.12. The van der Waals surface area contributed by atoms with E-state index in [1.807, 2.05) is 5.38 Å². The fourth-order valence-electron chi connectivity index (χ4n) is 1.93. The van der Waals surface area contributed by atoms with E-state index in [0.717, 1.165) is 0 Å². The average Bonchev–Trinajstić information content (AvgIpc) is 2.87. The molecule has 0 aliphatic carbocycles. The summed E-state index contributed by atoms with van der Waals surface area (Å²) in [4.78, 5) is 12.1. The molecule has 0 fully saturated rings. The molecule has 0 aliphatic heterocycles. The maximum absolute atomic E-state index is 11.4. The summed E-state index contributed by atoms with van der Waals surface area (Å²) in [5, 5.41) is 14.0. The highest BCUT2D eigenvalue weighted by molar-refractivity contribution is 7.89. The van der Waals surface area contributed by atoms with Gasteiger partial charge in [0.25, 0.3) is 0 Å². The van der Waals surface area contributed by atoms with Crippen molar-refractivity contribution in [3.05, 3.63) is 52.2 Å². The van der Waals surface area contributed by atoms with Gasteiger partial charge in [-0.1, -0.05) is 18.2 Å². The lowest BCUT2D eigenvalue weighted by molar-refractivity contribution is -0.138. The molecule has 0 bridgehead atoms. The van der Waals surface area contributed by atoms with Crippen molar-refractivity contribution in [2.24, 2.45) is 0 Å². The van der Waals surface area contributed by atoms with Crippen LogP contribution in [0, 0.1) is 0 Å². The Morgan fingerprint density at radius 3 is 2.67 bits per heavy atom. The Kier molecular flexibility index (Phi) is 4.64. The summed E-state index contributed by atoms with van der Waals surface area (Å²) < 4.78 is 22.6. The smallest absolute Gasteiger partial charge is 0.331 e. The largest absolute Gasteiger partial charge is 0.479 e. The Balaban J connectivity index is 2.22. The Labute approximate surface area is 127 Å². The minimum absolute atomic E-state index is 0.0702. The molecule has 0 saturated heterocycles. The molecule has 2 aromatic rings. The van der Waals surface area contributed by atoms with Crippen LogP contribution in [0.2, 0.25) is 0 Å². The molecule has 1 aromatic heterocycles. The maximum Gasteiger partial charge on any atom is 0.331 e. The summed E-state index contributed by atoms with van der Waals surface area (Å²) >= 11 is 1.35. The Bertz CT molecular complexity index is 723. The number of rotatable bonds is 6. The van der Waals surface area contributed by atoms with Crippen LogP contribution in [0.25, 0.3) is 0 Å². The summed E-state index contributed by atoms with van der Waals surface area (Å²) in [6.07, 6.45) is 1.17. The minimum atomic E-state index is -3.12. The van der Waals surface area contributed by atoms with Crippen LogP contribution in [0.15, 0.2) is 41.8 Å². The van der Waals surface area contributed by atoms with Gasteiger partial charge in [0.2, 0.25) is 0 Å². The lowest BCUT2D eigenvalue weighted by atomic mass is 10.2. The molecule has 1 unspecified atom stereocenters. The van der Waals surface area contributed by atoms with E-state index in [-0.39, 0.29) is 5.75 Å². The van der Waals surface area contributed by atoms with Crippen LogP contribution in [0.3, 0.4) is 0 Å². The fraction of sp³-hybridized carbons (Fsp3) is 0.214. The van der Waals surface area contributed by atoms with E-state index in [1.165, 1.54) is 17.6 Å². The number of carboxylic acids is 1. The summed E-state index contributed by atoms with van der Waals surface area (Å²) in [6, 6.07) is 9.47. The number of carboxylic acid groups (broad SMARTS) is 1. The van der Waals surface area contributed by atoms with Gasteiger partial charge in [0.15, 0.2) is 15.9 Å². The van der Waals surface area contributed by atoms with Crippen molar-refractivity contribution in [2.45, 2.75) is 11.8 Å². The highest BCUT2D eigenvalue weighted by Crippen LogP contribution is 2.24. The number of hydrogen-bond donors (Lipinski definition) is 2. The Hall–Kier alpha value is -1.86. The van der Waals surface area contributed by atoms with E-state index in [2.05, 4.69) is 5.32 Å². The van der Waals surface area contributed by atoms with Crippen molar-refractivity contribution in [2.75, 3.05) is 11.6 Å². The van der Waals surface area contributed by atoms with Crippen molar-refractivity contribution in [3.63, 3.8) is 0 Å². The Morgan fingerprint density at radius 1 is 1.33 bits per heavy atom. The molecule has 1 aromatic carbocycles. The molecule has 21 heavy (non-hydrogen) atoms. The molecule has 1 atom stereocenters. The van der Waals surface area contributed by atoms with Crippen molar-refractivity contribution in [3.8, 4) is 0 Å². The monoisotopic (exact) mass is 325 g/mol. The van der Waals surface area contributed by atoms with Crippen molar-refractivity contribution >= 4 is 32.8 Å². The van der Waals surface area contributed by atoms with Gasteiger partial charge in [0.1, 0.15) is 0 Å². The topological polar surface area (TPSA) is 83.5 Å². The number of carbonyl (C=O) groups is 1. The van der Waals surface area contributed by atoms with E-state index in [4.69, 9.17) is 0 Å². The van der Waals surface area contributed by atoms with Crippen molar-refractivity contribution in [1.82, 2.24) is 0 Å². The second kappa shape index (κ2) is 6.28. The molecular weight excluding hydrogens is 310 g/mol. The number of aliphatic carboxylic acids is 1. The third kappa shape index (κ3) is 4.57. The molecule has 112 valence electrons. The molecule has 2 N–H and O–H groups in total. The van der Waals surface area contributed by atoms with Gasteiger partial charge >= 0.3 is 5.97 Å². The van der Waals surface area contributed by atoms with Gasteiger partial charge in [0, 0.05) is 16.8 Å². The lowest BCUT2D eigenvalue weighted by Gasteiger charge is -2.15. The van der Waals surface area contributed by atoms with E-state index in [9.17, 15) is 18.3 Å². The second-order valence-corrected chi connectivity index (χ2v) is 7.82. The first-order chi connectivity index (χ1) is 9.85. The number of sulfone groups is 1. The summed E-state index contributed by atoms with van der Waals surface area (Å²) in [5.74, 6) is -1.05. The lowest BCUT2D eigenvalue weighted by Crippen LogP contribution is -2.19. The molecule has 0 radical (unpaired) electrons. The summed E-state index contributed by atoms with van der Waals surface area (Å²) in [5.41, 5.74) is 1.20. The number of thiophene rings is 1. The highest BCUT2D eigenvalue weighted by Gasteiger charge is 2.20. The van der Waals surface area contributed by atoms with Crippen LogP contribution in [-0.2, 0) is 20.4 Å². The molecule has 2 rings (SSSR count). The average molecular weight is 325 g/mol. The van der Waals surface area contributed by atoms with Gasteiger partial charge in [-0.2, -0.15) is 0 Å². The minimum Gasteiger partial charge on any atom is -0.479 e. The zero-order chi connectivity index (χ0) is 15.5. The maximum atomic E-state index is 11.4. The normalized spacial score (nSPS) is 12.8. The van der Waals surface area contributed by atoms with Crippen LogP contribution >= 0.6 is 11.3 Å². The van der Waals surface area contributed by atoms with Crippen LogP contribution in [0.1, 0.15) is 16.5 Å². The van der Waals surface area contributed by atoms with Crippen LogP contribution in [-0.4, -0.2) is 25.7 Å². The van der Waals surface area contributed by atoms with E-state index in [1.54, 1.807) is 36.4 Å². The fourth-order valence-corrected chi connectivity index (χ4v) is 3.48. The molecule has 0 spiro atoms. The van der Waals surface area contributed by atoms with Gasteiger partial charge < -0.3 is 10.4 Å². The van der Waals surface area contributed by atoms with Crippen molar-refractivity contribution in [1.29, 1.82) is 0 Å². The molecule has 1 heterocycles. The molecule has 0 amide bonds. The number of hydrogen-bond acceptors (Lipinski definition) is 5. The number of benzene rings is 1. The first-order valence-electron chi connectivity index (χ1n) is 6.14. The third-order valence-electron chi connectivity index (χ3n) is 2.74. The van der Waals surface area contributed by atoms with E-state index >= 15 is 0 Å².